The number of hydrogen-bond donors (Lipinski definition) is 2. The van der Waals surface area contributed by atoms with Crippen molar-refractivity contribution in [1.82, 2.24) is 0 Å². The van der Waals surface area contributed by atoms with Gasteiger partial charge in [0.25, 0.3) is 0 Å². The maximum atomic E-state index is 9.66. The average molecular weight is 216 g/mol. The van der Waals surface area contributed by atoms with Crippen LogP contribution >= 0.6 is 11.6 Å². The normalized spacial score (nSPS) is 12.6. The van der Waals surface area contributed by atoms with Gasteiger partial charge in [0.2, 0.25) is 0 Å². The summed E-state index contributed by atoms with van der Waals surface area (Å²) in [6, 6.07) is 3.61. The molecule has 78 valence electrons. The van der Waals surface area contributed by atoms with E-state index in [4.69, 9.17) is 22.1 Å². The molecule has 14 heavy (non-hydrogen) atoms. The number of rotatable bonds is 3. The van der Waals surface area contributed by atoms with Crippen molar-refractivity contribution in [3.63, 3.8) is 0 Å². The second kappa shape index (κ2) is 4.64. The van der Waals surface area contributed by atoms with Crippen LogP contribution in [-0.2, 0) is 0 Å². The fourth-order valence-corrected chi connectivity index (χ4v) is 1.57. The predicted octanol–water partition coefficient (Wildman–Crippen LogP) is 1.65. The van der Waals surface area contributed by atoms with Crippen molar-refractivity contribution in [2.24, 2.45) is 5.73 Å². The van der Waals surface area contributed by atoms with Crippen LogP contribution in [0.5, 0.6) is 5.75 Å². The van der Waals surface area contributed by atoms with Crippen LogP contribution in [-0.4, -0.2) is 18.8 Å². The molecule has 1 unspecified atom stereocenters. The number of ether oxygens (including phenoxy) is 1. The summed E-state index contributed by atoms with van der Waals surface area (Å²) in [7, 11) is 1.54. The molecule has 1 aromatic rings. The number of halogens is 1. The first-order valence-electron chi connectivity index (χ1n) is 4.33. The highest BCUT2D eigenvalue weighted by molar-refractivity contribution is 6.32. The quantitative estimate of drug-likeness (QED) is 0.806. The summed E-state index contributed by atoms with van der Waals surface area (Å²) in [6.07, 6.45) is -0.780. The van der Waals surface area contributed by atoms with Crippen molar-refractivity contribution in [3.8, 4) is 5.75 Å². The highest BCUT2D eigenvalue weighted by Gasteiger charge is 2.17. The standard InChI is InChI=1S/C10H14ClNO2/c1-6-3-4-8(14-2)9(10(6)11)7(13)5-12/h3-4,7,13H,5,12H2,1-2H3. The lowest BCUT2D eigenvalue weighted by atomic mass is 10.1. The van der Waals surface area contributed by atoms with Gasteiger partial charge in [0.05, 0.1) is 18.2 Å². The first-order chi connectivity index (χ1) is 6.61. The Hall–Kier alpha value is -0.770. The van der Waals surface area contributed by atoms with Crippen molar-refractivity contribution in [2.75, 3.05) is 13.7 Å². The van der Waals surface area contributed by atoms with Crippen LogP contribution in [0.4, 0.5) is 0 Å². The predicted molar refractivity (Wildman–Crippen MR) is 56.8 cm³/mol. The van der Waals surface area contributed by atoms with Gasteiger partial charge in [-0.3, -0.25) is 0 Å². The summed E-state index contributed by atoms with van der Waals surface area (Å²) in [5.74, 6) is 0.568. The molecule has 0 saturated carbocycles. The summed E-state index contributed by atoms with van der Waals surface area (Å²) in [6.45, 7) is 1.99. The largest absolute Gasteiger partial charge is 0.496 e. The van der Waals surface area contributed by atoms with Gasteiger partial charge >= 0.3 is 0 Å². The Labute approximate surface area is 88.4 Å². The number of methoxy groups -OCH3 is 1. The van der Waals surface area contributed by atoms with E-state index in [-0.39, 0.29) is 6.54 Å². The van der Waals surface area contributed by atoms with Gasteiger partial charge in [-0.15, -0.1) is 0 Å². The summed E-state index contributed by atoms with van der Waals surface area (Å²) in [5, 5.41) is 10.2. The molecule has 0 fully saturated rings. The van der Waals surface area contributed by atoms with Gasteiger partial charge in [0.15, 0.2) is 0 Å². The minimum atomic E-state index is -0.780. The molecule has 0 aliphatic heterocycles. The second-order valence-electron chi connectivity index (χ2n) is 3.06. The Balaban J connectivity index is 3.27. The van der Waals surface area contributed by atoms with Crippen molar-refractivity contribution < 1.29 is 9.84 Å². The van der Waals surface area contributed by atoms with Gasteiger partial charge in [0, 0.05) is 12.1 Å². The third-order valence-electron chi connectivity index (χ3n) is 2.11. The number of aliphatic hydroxyl groups is 1. The molecule has 1 atom stereocenters. The van der Waals surface area contributed by atoms with E-state index in [1.165, 1.54) is 7.11 Å². The molecular formula is C10H14ClNO2. The van der Waals surface area contributed by atoms with Crippen molar-refractivity contribution in [2.45, 2.75) is 13.0 Å². The van der Waals surface area contributed by atoms with Crippen LogP contribution in [0.3, 0.4) is 0 Å². The van der Waals surface area contributed by atoms with Crippen molar-refractivity contribution in [3.05, 3.63) is 28.3 Å². The molecule has 0 aliphatic carbocycles. The lowest BCUT2D eigenvalue weighted by Gasteiger charge is -2.16. The number of nitrogens with two attached hydrogens (primary N) is 1. The van der Waals surface area contributed by atoms with Crippen LogP contribution in [0.1, 0.15) is 17.2 Å². The minimum Gasteiger partial charge on any atom is -0.496 e. The van der Waals surface area contributed by atoms with Gasteiger partial charge in [-0.2, -0.15) is 0 Å². The molecule has 4 heteroatoms. The molecule has 3 N–H and O–H groups in total. The molecule has 0 radical (unpaired) electrons. The fourth-order valence-electron chi connectivity index (χ4n) is 1.29. The topological polar surface area (TPSA) is 55.5 Å². The maximum Gasteiger partial charge on any atom is 0.126 e. The SMILES string of the molecule is COc1ccc(C)c(Cl)c1C(O)CN. The smallest absolute Gasteiger partial charge is 0.126 e. The lowest BCUT2D eigenvalue weighted by Crippen LogP contribution is -2.13. The number of hydrogen-bond acceptors (Lipinski definition) is 3. The zero-order valence-corrected chi connectivity index (χ0v) is 9.01. The second-order valence-corrected chi connectivity index (χ2v) is 3.44. The Morgan fingerprint density at radius 2 is 2.21 bits per heavy atom. The minimum absolute atomic E-state index is 0.125. The average Bonchev–Trinajstić information content (AvgIpc) is 2.20. The Kier molecular flexibility index (Phi) is 3.75. The number of aryl methyl sites for hydroxylation is 1. The van der Waals surface area contributed by atoms with Crippen LogP contribution < -0.4 is 10.5 Å². The monoisotopic (exact) mass is 215 g/mol. The molecule has 3 nitrogen and oxygen atoms in total. The molecule has 0 aliphatic rings. The Morgan fingerprint density at radius 1 is 1.57 bits per heavy atom. The maximum absolute atomic E-state index is 9.66. The van der Waals surface area contributed by atoms with Gasteiger partial charge in [0.1, 0.15) is 5.75 Å². The van der Waals surface area contributed by atoms with Crippen molar-refractivity contribution in [1.29, 1.82) is 0 Å². The van der Waals surface area contributed by atoms with E-state index < -0.39 is 6.10 Å². The molecule has 0 spiro atoms. The molecule has 0 bridgehead atoms. The van der Waals surface area contributed by atoms with Crippen LogP contribution in [0.15, 0.2) is 12.1 Å². The van der Waals surface area contributed by atoms with E-state index in [0.29, 0.717) is 16.3 Å². The van der Waals surface area contributed by atoms with E-state index in [0.717, 1.165) is 5.56 Å². The number of benzene rings is 1. The highest BCUT2D eigenvalue weighted by atomic mass is 35.5. The zero-order valence-electron chi connectivity index (χ0n) is 8.25. The summed E-state index contributed by atoms with van der Waals surface area (Å²) >= 11 is 6.06. The van der Waals surface area contributed by atoms with Crippen molar-refractivity contribution >= 4 is 11.6 Å². The highest BCUT2D eigenvalue weighted by Crippen LogP contribution is 2.33. The third-order valence-corrected chi connectivity index (χ3v) is 2.61. The van der Waals surface area contributed by atoms with Crippen LogP contribution in [0.2, 0.25) is 5.02 Å². The van der Waals surface area contributed by atoms with Gasteiger partial charge < -0.3 is 15.6 Å². The molecule has 0 amide bonds. The van der Waals surface area contributed by atoms with E-state index in [1.54, 1.807) is 6.07 Å². The Morgan fingerprint density at radius 3 is 2.71 bits per heavy atom. The van der Waals surface area contributed by atoms with Crippen LogP contribution in [0, 0.1) is 6.92 Å². The first-order valence-corrected chi connectivity index (χ1v) is 4.70. The Bertz CT molecular complexity index is 328. The third kappa shape index (κ3) is 2.00. The van der Waals surface area contributed by atoms with E-state index >= 15 is 0 Å². The van der Waals surface area contributed by atoms with E-state index in [9.17, 15) is 5.11 Å². The molecule has 1 aromatic carbocycles. The summed E-state index contributed by atoms with van der Waals surface area (Å²) in [4.78, 5) is 0. The molecule has 0 saturated heterocycles. The zero-order chi connectivity index (χ0) is 10.7. The van der Waals surface area contributed by atoms with Crippen LogP contribution in [0.25, 0.3) is 0 Å². The first kappa shape index (κ1) is 11.3. The summed E-state index contributed by atoms with van der Waals surface area (Å²) in [5.41, 5.74) is 6.85. The molecule has 0 heterocycles. The summed E-state index contributed by atoms with van der Waals surface area (Å²) < 4.78 is 5.10. The van der Waals surface area contributed by atoms with E-state index in [1.807, 2.05) is 13.0 Å². The van der Waals surface area contributed by atoms with Gasteiger partial charge in [-0.1, -0.05) is 17.7 Å². The molecular weight excluding hydrogens is 202 g/mol. The van der Waals surface area contributed by atoms with Gasteiger partial charge in [-0.05, 0) is 18.6 Å². The molecule has 1 rings (SSSR count). The lowest BCUT2D eigenvalue weighted by molar-refractivity contribution is 0.182. The molecule has 0 aromatic heterocycles. The fraction of sp³-hybridized carbons (Fsp3) is 0.400. The number of aliphatic hydroxyl groups excluding tert-OH is 1. The van der Waals surface area contributed by atoms with Gasteiger partial charge in [-0.25, -0.2) is 0 Å². The van der Waals surface area contributed by atoms with E-state index in [2.05, 4.69) is 0 Å².